The van der Waals surface area contributed by atoms with Gasteiger partial charge in [0.25, 0.3) is 5.91 Å². The van der Waals surface area contributed by atoms with Gasteiger partial charge in [-0.05, 0) is 26.4 Å². The molecule has 1 atom stereocenters. The summed E-state index contributed by atoms with van der Waals surface area (Å²) >= 11 is 0. The van der Waals surface area contributed by atoms with Crippen molar-refractivity contribution in [2.24, 2.45) is 0 Å². The van der Waals surface area contributed by atoms with Crippen LogP contribution in [0.3, 0.4) is 0 Å². The second-order valence-corrected chi connectivity index (χ2v) is 5.66. The van der Waals surface area contributed by atoms with Crippen LogP contribution in [0.15, 0.2) is 12.1 Å². The average Bonchev–Trinajstić information content (AvgIpc) is 2.47. The quantitative estimate of drug-likeness (QED) is 0.825. The number of piperidine rings is 1. The molecule has 0 spiro atoms. The van der Waals surface area contributed by atoms with Crippen molar-refractivity contribution in [1.82, 2.24) is 4.90 Å². The first kappa shape index (κ1) is 14.0. The summed E-state index contributed by atoms with van der Waals surface area (Å²) in [6.45, 7) is 1.74. The van der Waals surface area contributed by atoms with Crippen LogP contribution < -0.4 is 20.5 Å². The number of benzene rings is 1. The number of fused-ring (bicyclic) bond motifs is 1. The summed E-state index contributed by atoms with van der Waals surface area (Å²) in [6, 6.07) is 3.86. The molecular weight excluding hydrogens is 270 g/mol. The summed E-state index contributed by atoms with van der Waals surface area (Å²) in [7, 11) is 2.12. The molecule has 0 radical (unpaired) electrons. The molecule has 0 aliphatic carbocycles. The zero-order chi connectivity index (χ0) is 14.8. The smallest absolute Gasteiger partial charge is 0.262 e. The number of nitrogens with one attached hydrogen (secondary N) is 1. The van der Waals surface area contributed by atoms with Crippen LogP contribution >= 0.6 is 0 Å². The topological polar surface area (TPSA) is 76.8 Å². The van der Waals surface area contributed by atoms with Gasteiger partial charge in [-0.2, -0.15) is 0 Å². The second-order valence-electron chi connectivity index (χ2n) is 5.66. The highest BCUT2D eigenvalue weighted by Gasteiger charge is 2.21. The third-order valence-electron chi connectivity index (χ3n) is 4.10. The van der Waals surface area contributed by atoms with Gasteiger partial charge in [0.05, 0.1) is 11.4 Å². The van der Waals surface area contributed by atoms with Gasteiger partial charge < -0.3 is 25.4 Å². The Morgan fingerprint density at radius 2 is 2.33 bits per heavy atom. The van der Waals surface area contributed by atoms with Crippen LogP contribution in [0.25, 0.3) is 0 Å². The van der Waals surface area contributed by atoms with Crippen LogP contribution in [-0.2, 0) is 4.79 Å². The highest BCUT2D eigenvalue weighted by atomic mass is 16.5. The van der Waals surface area contributed by atoms with Gasteiger partial charge in [-0.3, -0.25) is 4.79 Å². The van der Waals surface area contributed by atoms with E-state index in [1.165, 1.54) is 12.8 Å². The standard InChI is InChI=1S/C15H21N3O3/c1-18-5-3-2-4-10(18)8-20-13-7-12-14(6-11(13)16)21-9-15(19)17-12/h6-7,10H,2-5,8-9,16H2,1H3,(H,17,19). The number of rotatable bonds is 3. The minimum atomic E-state index is -0.162. The predicted octanol–water partition coefficient (Wildman–Crippen LogP) is 1.46. The lowest BCUT2D eigenvalue weighted by atomic mass is 10.0. The Morgan fingerprint density at radius 3 is 3.14 bits per heavy atom. The van der Waals surface area contributed by atoms with Crippen LogP contribution in [0.2, 0.25) is 0 Å². The number of nitrogen functional groups attached to an aromatic ring is 1. The normalized spacial score (nSPS) is 22.1. The van der Waals surface area contributed by atoms with Crippen molar-refractivity contribution in [2.75, 3.05) is 37.9 Å². The first-order valence-corrected chi connectivity index (χ1v) is 7.32. The first-order valence-electron chi connectivity index (χ1n) is 7.32. The van der Waals surface area contributed by atoms with Crippen molar-refractivity contribution in [3.63, 3.8) is 0 Å². The Bertz CT molecular complexity index is 547. The molecule has 2 heterocycles. The van der Waals surface area contributed by atoms with Crippen molar-refractivity contribution in [3.05, 3.63) is 12.1 Å². The lowest BCUT2D eigenvalue weighted by molar-refractivity contribution is -0.118. The minimum Gasteiger partial charge on any atom is -0.490 e. The Morgan fingerprint density at radius 1 is 1.48 bits per heavy atom. The van der Waals surface area contributed by atoms with E-state index in [0.29, 0.717) is 35.5 Å². The molecule has 1 saturated heterocycles. The fourth-order valence-electron chi connectivity index (χ4n) is 2.79. The molecule has 6 heteroatoms. The molecule has 2 aliphatic rings. The van der Waals surface area contributed by atoms with E-state index in [4.69, 9.17) is 15.2 Å². The van der Waals surface area contributed by atoms with Crippen molar-refractivity contribution in [2.45, 2.75) is 25.3 Å². The Kier molecular flexibility index (Phi) is 3.88. The first-order chi connectivity index (χ1) is 10.1. The molecule has 1 aromatic rings. The molecule has 6 nitrogen and oxygen atoms in total. The number of hydrogen-bond acceptors (Lipinski definition) is 5. The van der Waals surface area contributed by atoms with Crippen molar-refractivity contribution >= 4 is 17.3 Å². The van der Waals surface area contributed by atoms with Gasteiger partial charge in [-0.1, -0.05) is 6.42 Å². The molecule has 0 saturated carbocycles. The zero-order valence-corrected chi connectivity index (χ0v) is 12.2. The fourth-order valence-corrected chi connectivity index (χ4v) is 2.79. The fraction of sp³-hybridized carbons (Fsp3) is 0.533. The van der Waals surface area contributed by atoms with Gasteiger partial charge >= 0.3 is 0 Å². The number of amides is 1. The molecule has 1 amide bonds. The van der Waals surface area contributed by atoms with Crippen molar-refractivity contribution < 1.29 is 14.3 Å². The molecule has 2 aliphatic heterocycles. The highest BCUT2D eigenvalue weighted by molar-refractivity contribution is 5.96. The largest absolute Gasteiger partial charge is 0.490 e. The van der Waals surface area contributed by atoms with E-state index in [1.54, 1.807) is 12.1 Å². The molecular formula is C15H21N3O3. The zero-order valence-electron chi connectivity index (χ0n) is 12.2. The Balaban J connectivity index is 1.70. The van der Waals surface area contributed by atoms with Crippen LogP contribution in [0, 0.1) is 0 Å². The van der Waals surface area contributed by atoms with E-state index in [9.17, 15) is 4.79 Å². The van der Waals surface area contributed by atoms with Crippen LogP contribution in [0.1, 0.15) is 19.3 Å². The summed E-state index contributed by atoms with van der Waals surface area (Å²) in [4.78, 5) is 13.7. The van der Waals surface area contributed by atoms with Crippen LogP contribution in [0.5, 0.6) is 11.5 Å². The Labute approximate surface area is 124 Å². The third kappa shape index (κ3) is 3.05. The maximum absolute atomic E-state index is 11.4. The van der Waals surface area contributed by atoms with E-state index in [-0.39, 0.29) is 12.5 Å². The van der Waals surface area contributed by atoms with Crippen LogP contribution in [-0.4, -0.2) is 43.7 Å². The summed E-state index contributed by atoms with van der Waals surface area (Å²) in [5.74, 6) is 1.03. The summed E-state index contributed by atoms with van der Waals surface area (Å²) < 4.78 is 11.2. The van der Waals surface area contributed by atoms with Gasteiger partial charge in [0.15, 0.2) is 6.61 Å². The van der Waals surface area contributed by atoms with E-state index in [2.05, 4.69) is 17.3 Å². The molecule has 0 bridgehead atoms. The van der Waals surface area contributed by atoms with E-state index in [1.807, 2.05) is 0 Å². The van der Waals surface area contributed by atoms with Gasteiger partial charge in [-0.25, -0.2) is 0 Å². The molecule has 21 heavy (non-hydrogen) atoms. The third-order valence-corrected chi connectivity index (χ3v) is 4.10. The van der Waals surface area contributed by atoms with E-state index < -0.39 is 0 Å². The average molecular weight is 291 g/mol. The number of carbonyl (C=O) groups is 1. The lowest BCUT2D eigenvalue weighted by Gasteiger charge is -2.32. The number of hydrogen-bond donors (Lipinski definition) is 2. The molecule has 0 aromatic heterocycles. The molecule has 114 valence electrons. The number of nitrogens with two attached hydrogens (primary N) is 1. The number of ether oxygens (including phenoxy) is 2. The van der Waals surface area contributed by atoms with Gasteiger partial charge in [0.2, 0.25) is 0 Å². The van der Waals surface area contributed by atoms with E-state index >= 15 is 0 Å². The van der Waals surface area contributed by atoms with Gasteiger partial charge in [-0.15, -0.1) is 0 Å². The molecule has 1 fully saturated rings. The van der Waals surface area contributed by atoms with Crippen molar-refractivity contribution in [1.29, 1.82) is 0 Å². The lowest BCUT2D eigenvalue weighted by Crippen LogP contribution is -2.40. The van der Waals surface area contributed by atoms with Crippen molar-refractivity contribution in [3.8, 4) is 11.5 Å². The van der Waals surface area contributed by atoms with Gasteiger partial charge in [0.1, 0.15) is 18.1 Å². The number of anilines is 2. The Hall–Kier alpha value is -1.95. The van der Waals surface area contributed by atoms with Crippen LogP contribution in [0.4, 0.5) is 11.4 Å². The number of carbonyl (C=O) groups excluding carboxylic acids is 1. The molecule has 1 unspecified atom stereocenters. The highest BCUT2D eigenvalue weighted by Crippen LogP contribution is 2.36. The number of likely N-dealkylation sites (tertiary alicyclic amines) is 1. The second kappa shape index (κ2) is 5.81. The summed E-state index contributed by atoms with van der Waals surface area (Å²) in [5.41, 5.74) is 7.15. The summed E-state index contributed by atoms with van der Waals surface area (Å²) in [6.07, 6.45) is 3.63. The predicted molar refractivity (Wildman–Crippen MR) is 80.7 cm³/mol. The maximum atomic E-state index is 11.4. The molecule has 1 aromatic carbocycles. The monoisotopic (exact) mass is 291 g/mol. The maximum Gasteiger partial charge on any atom is 0.262 e. The minimum absolute atomic E-state index is 0.0273. The summed E-state index contributed by atoms with van der Waals surface area (Å²) in [5, 5.41) is 2.76. The van der Waals surface area contributed by atoms with Gasteiger partial charge in [0, 0.05) is 18.2 Å². The van der Waals surface area contributed by atoms with E-state index in [0.717, 1.165) is 13.0 Å². The molecule has 3 N–H and O–H groups in total. The number of nitrogens with zero attached hydrogens (tertiary/aromatic N) is 1. The number of likely N-dealkylation sites (N-methyl/N-ethyl adjacent to an activating group) is 1. The SMILES string of the molecule is CN1CCCCC1COc1cc2c(cc1N)OCC(=O)N2. The molecule has 3 rings (SSSR count).